The predicted octanol–water partition coefficient (Wildman–Crippen LogP) is -0.695. The summed E-state index contributed by atoms with van der Waals surface area (Å²) >= 11 is 0. The van der Waals surface area contributed by atoms with E-state index >= 15 is 0 Å². The van der Waals surface area contributed by atoms with Crippen LogP contribution in [0.5, 0.6) is 0 Å². The molecule has 1 amide bonds. The number of hydrogen-bond donors (Lipinski definition) is 5. The molecule has 8 N–H and O–H groups in total. The Bertz CT molecular complexity index is 493. The van der Waals surface area contributed by atoms with Gasteiger partial charge in [-0.05, 0) is 18.4 Å². The van der Waals surface area contributed by atoms with E-state index in [-0.39, 0.29) is 12.8 Å². The first-order valence-corrected chi connectivity index (χ1v) is 6.53. The van der Waals surface area contributed by atoms with E-state index in [0.717, 1.165) is 5.56 Å². The Morgan fingerprint density at radius 2 is 1.45 bits per heavy atom. The third kappa shape index (κ3) is 9.45. The van der Waals surface area contributed by atoms with Crippen molar-refractivity contribution in [1.29, 1.82) is 0 Å². The number of carboxylic acids is 2. The van der Waals surface area contributed by atoms with E-state index in [1.54, 1.807) is 0 Å². The van der Waals surface area contributed by atoms with E-state index in [0.29, 0.717) is 6.42 Å². The van der Waals surface area contributed by atoms with Crippen LogP contribution in [0.3, 0.4) is 0 Å². The molecule has 8 nitrogen and oxygen atoms in total. The van der Waals surface area contributed by atoms with Gasteiger partial charge in [0, 0.05) is 6.42 Å². The van der Waals surface area contributed by atoms with Crippen molar-refractivity contribution < 1.29 is 24.6 Å². The summed E-state index contributed by atoms with van der Waals surface area (Å²) in [6, 6.07) is 7.56. The molecule has 0 aromatic heterocycles. The Hall–Kier alpha value is -2.45. The van der Waals surface area contributed by atoms with Gasteiger partial charge in [-0.1, -0.05) is 30.3 Å². The normalized spacial score (nSPS) is 12.5. The molecular formula is C14H21N3O5. The molecule has 122 valence electrons. The lowest BCUT2D eigenvalue weighted by atomic mass is 10.1. The smallest absolute Gasteiger partial charge is 0.320 e. The SMILES string of the molecule is NC(=O)CCC(N)C(=O)O.NC(Cc1ccccc1)C(=O)O. The number of benzene rings is 1. The molecule has 0 aliphatic rings. The second-order valence-corrected chi connectivity index (χ2v) is 4.58. The fourth-order valence-electron chi connectivity index (χ4n) is 1.38. The fraction of sp³-hybridized carbons (Fsp3) is 0.357. The highest BCUT2D eigenvalue weighted by atomic mass is 16.4. The second-order valence-electron chi connectivity index (χ2n) is 4.58. The first-order chi connectivity index (χ1) is 10.2. The van der Waals surface area contributed by atoms with Crippen molar-refractivity contribution in [2.24, 2.45) is 17.2 Å². The lowest BCUT2D eigenvalue weighted by Crippen LogP contribution is -2.32. The molecule has 2 atom stereocenters. The van der Waals surface area contributed by atoms with Crippen molar-refractivity contribution in [3.63, 3.8) is 0 Å². The zero-order valence-electron chi connectivity index (χ0n) is 12.0. The van der Waals surface area contributed by atoms with Gasteiger partial charge in [0.25, 0.3) is 0 Å². The van der Waals surface area contributed by atoms with Crippen molar-refractivity contribution in [2.45, 2.75) is 31.3 Å². The maximum atomic E-state index is 10.4. The van der Waals surface area contributed by atoms with Gasteiger partial charge in [0.05, 0.1) is 0 Å². The number of primary amides is 1. The Kier molecular flexibility index (Phi) is 9.15. The number of carboxylic acid groups (broad SMARTS) is 2. The molecule has 1 aromatic carbocycles. The molecule has 0 saturated carbocycles. The quantitative estimate of drug-likeness (QED) is 0.443. The molecule has 0 aliphatic carbocycles. The number of nitrogens with two attached hydrogens (primary N) is 3. The minimum absolute atomic E-state index is 0.0213. The third-order valence-electron chi connectivity index (χ3n) is 2.63. The van der Waals surface area contributed by atoms with Gasteiger partial charge in [0.2, 0.25) is 5.91 Å². The van der Waals surface area contributed by atoms with Gasteiger partial charge in [0.15, 0.2) is 0 Å². The molecule has 0 bridgehead atoms. The van der Waals surface area contributed by atoms with E-state index in [9.17, 15) is 14.4 Å². The minimum Gasteiger partial charge on any atom is -0.480 e. The minimum atomic E-state index is -1.11. The summed E-state index contributed by atoms with van der Waals surface area (Å²) in [6.07, 6.45) is 0.508. The van der Waals surface area contributed by atoms with Crippen LogP contribution >= 0.6 is 0 Å². The van der Waals surface area contributed by atoms with Crippen LogP contribution in [0.15, 0.2) is 30.3 Å². The Balaban J connectivity index is 0.000000409. The summed E-state index contributed by atoms with van der Waals surface area (Å²) in [6.45, 7) is 0. The summed E-state index contributed by atoms with van der Waals surface area (Å²) < 4.78 is 0. The second kappa shape index (κ2) is 10.3. The molecular weight excluding hydrogens is 290 g/mol. The molecule has 0 heterocycles. The number of aliphatic carboxylic acids is 2. The summed E-state index contributed by atoms with van der Waals surface area (Å²) in [7, 11) is 0. The van der Waals surface area contributed by atoms with Gasteiger partial charge < -0.3 is 27.4 Å². The molecule has 0 aliphatic heterocycles. The van der Waals surface area contributed by atoms with Crippen molar-refractivity contribution in [3.8, 4) is 0 Å². The lowest BCUT2D eigenvalue weighted by Gasteiger charge is -2.04. The van der Waals surface area contributed by atoms with Gasteiger partial charge >= 0.3 is 11.9 Å². The van der Waals surface area contributed by atoms with Crippen LogP contribution in [-0.2, 0) is 20.8 Å². The molecule has 0 spiro atoms. The standard InChI is InChI=1S/C9H11NO2.C5H10N2O3/c10-8(9(11)12)6-7-4-2-1-3-5-7;6-3(5(9)10)1-2-4(7)8/h1-5,8H,6,10H2,(H,11,12);3H,1-2,6H2,(H2,7,8)(H,9,10). The topological polar surface area (TPSA) is 170 Å². The fourth-order valence-corrected chi connectivity index (χ4v) is 1.38. The Morgan fingerprint density at radius 1 is 0.955 bits per heavy atom. The molecule has 1 aromatic rings. The zero-order chi connectivity index (χ0) is 17.1. The first kappa shape index (κ1) is 19.6. The van der Waals surface area contributed by atoms with Crippen LogP contribution in [0.25, 0.3) is 0 Å². The average Bonchev–Trinajstić information content (AvgIpc) is 2.46. The van der Waals surface area contributed by atoms with Crippen LogP contribution in [0.2, 0.25) is 0 Å². The van der Waals surface area contributed by atoms with E-state index in [2.05, 4.69) is 0 Å². The number of hydrogen-bond acceptors (Lipinski definition) is 5. The van der Waals surface area contributed by atoms with E-state index in [4.69, 9.17) is 27.4 Å². The van der Waals surface area contributed by atoms with Crippen LogP contribution in [-0.4, -0.2) is 40.1 Å². The molecule has 0 fully saturated rings. The highest BCUT2D eigenvalue weighted by molar-refractivity contribution is 5.77. The first-order valence-electron chi connectivity index (χ1n) is 6.53. The molecule has 1 rings (SSSR count). The van der Waals surface area contributed by atoms with E-state index < -0.39 is 29.9 Å². The molecule has 0 saturated heterocycles. The van der Waals surface area contributed by atoms with Crippen molar-refractivity contribution in [1.82, 2.24) is 0 Å². The zero-order valence-corrected chi connectivity index (χ0v) is 12.0. The maximum Gasteiger partial charge on any atom is 0.320 e. The van der Waals surface area contributed by atoms with Crippen LogP contribution in [0.1, 0.15) is 18.4 Å². The van der Waals surface area contributed by atoms with Crippen molar-refractivity contribution in [3.05, 3.63) is 35.9 Å². The number of rotatable bonds is 7. The summed E-state index contributed by atoms with van der Waals surface area (Å²) in [5, 5.41) is 16.7. The summed E-state index contributed by atoms with van der Waals surface area (Å²) in [4.78, 5) is 30.5. The molecule has 2 unspecified atom stereocenters. The third-order valence-corrected chi connectivity index (χ3v) is 2.63. The van der Waals surface area contributed by atoms with Gasteiger partial charge in [-0.3, -0.25) is 14.4 Å². The maximum absolute atomic E-state index is 10.4. The van der Waals surface area contributed by atoms with Gasteiger partial charge in [0.1, 0.15) is 12.1 Å². The van der Waals surface area contributed by atoms with E-state index in [1.807, 2.05) is 30.3 Å². The molecule has 22 heavy (non-hydrogen) atoms. The lowest BCUT2D eigenvalue weighted by molar-refractivity contribution is -0.139. The molecule has 8 heteroatoms. The number of carbonyl (C=O) groups is 3. The number of carbonyl (C=O) groups excluding carboxylic acids is 1. The largest absolute Gasteiger partial charge is 0.480 e. The monoisotopic (exact) mass is 311 g/mol. The molecule has 0 radical (unpaired) electrons. The average molecular weight is 311 g/mol. The highest BCUT2D eigenvalue weighted by Crippen LogP contribution is 2.01. The van der Waals surface area contributed by atoms with Crippen LogP contribution < -0.4 is 17.2 Å². The summed E-state index contributed by atoms with van der Waals surface area (Å²) in [5.41, 5.74) is 16.1. The highest BCUT2D eigenvalue weighted by Gasteiger charge is 2.11. The van der Waals surface area contributed by atoms with Gasteiger partial charge in [-0.25, -0.2) is 0 Å². The van der Waals surface area contributed by atoms with Crippen molar-refractivity contribution in [2.75, 3.05) is 0 Å². The van der Waals surface area contributed by atoms with Crippen molar-refractivity contribution >= 4 is 17.8 Å². The Morgan fingerprint density at radius 3 is 1.86 bits per heavy atom. The van der Waals surface area contributed by atoms with Gasteiger partial charge in [-0.2, -0.15) is 0 Å². The predicted molar refractivity (Wildman–Crippen MR) is 79.8 cm³/mol. The van der Waals surface area contributed by atoms with Crippen LogP contribution in [0, 0.1) is 0 Å². The number of amides is 1. The van der Waals surface area contributed by atoms with Gasteiger partial charge in [-0.15, -0.1) is 0 Å². The van der Waals surface area contributed by atoms with Crippen LogP contribution in [0.4, 0.5) is 0 Å². The Labute approximate surface area is 127 Å². The van der Waals surface area contributed by atoms with E-state index in [1.165, 1.54) is 0 Å². The summed E-state index contributed by atoms with van der Waals surface area (Å²) in [5.74, 6) is -2.60.